The van der Waals surface area contributed by atoms with Gasteiger partial charge in [-0.1, -0.05) is 6.07 Å². The predicted molar refractivity (Wildman–Crippen MR) is 80.5 cm³/mol. The molecule has 0 fully saturated rings. The van der Waals surface area contributed by atoms with Gasteiger partial charge in [0, 0.05) is 6.04 Å². The molecule has 1 rings (SSSR count). The Labute approximate surface area is 142 Å². The van der Waals surface area contributed by atoms with E-state index < -0.39 is 47.7 Å². The minimum absolute atomic E-state index is 0.143. The van der Waals surface area contributed by atoms with E-state index in [0.717, 1.165) is 6.07 Å². The zero-order valence-corrected chi connectivity index (χ0v) is 13.9. The first-order valence-corrected chi connectivity index (χ1v) is 7.35. The average molecular weight is 365 g/mol. The Hall–Kier alpha value is -2.32. The summed E-state index contributed by atoms with van der Waals surface area (Å²) in [5, 5.41) is 11.2. The molecule has 1 aromatic carbocycles. The van der Waals surface area contributed by atoms with Crippen LogP contribution in [0.4, 0.5) is 22.4 Å². The molecule has 5 nitrogen and oxygen atoms in total. The number of halogens is 4. The average Bonchev–Trinajstić information content (AvgIpc) is 2.36. The number of carbonyl (C=O) groups excluding carboxylic acids is 1. The predicted octanol–water partition coefficient (Wildman–Crippen LogP) is 3.76. The number of aliphatic carboxylic acids is 1. The number of amides is 1. The number of carbonyl (C=O) groups is 2. The van der Waals surface area contributed by atoms with Crippen molar-refractivity contribution in [2.45, 2.75) is 51.4 Å². The van der Waals surface area contributed by atoms with Gasteiger partial charge in [-0.25, -0.2) is 9.18 Å². The highest BCUT2D eigenvalue weighted by molar-refractivity contribution is 5.71. The molecule has 0 aliphatic heterocycles. The molecule has 1 amide bonds. The molecule has 0 saturated carbocycles. The van der Waals surface area contributed by atoms with Crippen LogP contribution in [-0.4, -0.2) is 28.8 Å². The van der Waals surface area contributed by atoms with Gasteiger partial charge >= 0.3 is 18.2 Å². The summed E-state index contributed by atoms with van der Waals surface area (Å²) >= 11 is 0. The van der Waals surface area contributed by atoms with Crippen LogP contribution in [0.5, 0.6) is 0 Å². The lowest BCUT2D eigenvalue weighted by Crippen LogP contribution is -2.41. The summed E-state index contributed by atoms with van der Waals surface area (Å²) in [5.74, 6) is -2.38. The number of rotatable bonds is 5. The molecule has 0 aliphatic carbocycles. The van der Waals surface area contributed by atoms with Gasteiger partial charge in [0.15, 0.2) is 0 Å². The number of benzene rings is 1. The summed E-state index contributed by atoms with van der Waals surface area (Å²) in [5.41, 5.74) is -2.11. The van der Waals surface area contributed by atoms with E-state index in [4.69, 9.17) is 9.84 Å². The van der Waals surface area contributed by atoms with Crippen molar-refractivity contribution in [3.63, 3.8) is 0 Å². The molecule has 0 radical (unpaired) electrons. The summed E-state index contributed by atoms with van der Waals surface area (Å²) in [6.45, 7) is 4.82. The van der Waals surface area contributed by atoms with Gasteiger partial charge in [-0.3, -0.25) is 4.79 Å². The van der Waals surface area contributed by atoms with Crippen molar-refractivity contribution in [1.82, 2.24) is 5.32 Å². The molecular formula is C16H19F4NO4. The van der Waals surface area contributed by atoms with Crippen molar-refractivity contribution < 1.29 is 37.0 Å². The van der Waals surface area contributed by atoms with Gasteiger partial charge in [-0.15, -0.1) is 0 Å². The maximum absolute atomic E-state index is 13.9. The Morgan fingerprint density at radius 3 is 2.28 bits per heavy atom. The zero-order valence-electron chi connectivity index (χ0n) is 13.9. The number of ether oxygens (including phenoxy) is 1. The van der Waals surface area contributed by atoms with Gasteiger partial charge in [0.2, 0.25) is 0 Å². The Morgan fingerprint density at radius 1 is 1.24 bits per heavy atom. The summed E-state index contributed by atoms with van der Waals surface area (Å²) in [4.78, 5) is 22.6. The van der Waals surface area contributed by atoms with Crippen molar-refractivity contribution in [2.24, 2.45) is 0 Å². The fourth-order valence-electron chi connectivity index (χ4n) is 2.01. The van der Waals surface area contributed by atoms with E-state index in [1.165, 1.54) is 0 Å². The molecule has 25 heavy (non-hydrogen) atoms. The van der Waals surface area contributed by atoms with Gasteiger partial charge in [-0.2, -0.15) is 13.2 Å². The van der Waals surface area contributed by atoms with Gasteiger partial charge < -0.3 is 15.2 Å². The fourth-order valence-corrected chi connectivity index (χ4v) is 2.01. The molecule has 1 aromatic rings. The summed E-state index contributed by atoms with van der Waals surface area (Å²) in [6, 6.07) is 0.910. The van der Waals surface area contributed by atoms with Crippen molar-refractivity contribution in [3.8, 4) is 0 Å². The van der Waals surface area contributed by atoms with Gasteiger partial charge in [0.05, 0.1) is 12.0 Å². The molecule has 0 aliphatic rings. The highest BCUT2D eigenvalue weighted by Crippen LogP contribution is 2.30. The molecule has 2 N–H and O–H groups in total. The third kappa shape index (κ3) is 7.40. The first-order valence-electron chi connectivity index (χ1n) is 7.35. The second-order valence-electron chi connectivity index (χ2n) is 6.45. The monoisotopic (exact) mass is 365 g/mol. The van der Waals surface area contributed by atoms with Crippen LogP contribution in [0.15, 0.2) is 18.2 Å². The maximum atomic E-state index is 13.9. The van der Waals surface area contributed by atoms with Crippen LogP contribution < -0.4 is 5.32 Å². The van der Waals surface area contributed by atoms with Crippen LogP contribution in [0.3, 0.4) is 0 Å². The summed E-state index contributed by atoms with van der Waals surface area (Å²) < 4.78 is 56.5. The third-order valence-electron chi connectivity index (χ3n) is 2.99. The van der Waals surface area contributed by atoms with Crippen LogP contribution in [-0.2, 0) is 22.1 Å². The summed E-state index contributed by atoms with van der Waals surface area (Å²) in [6.07, 6.45) is -6.42. The summed E-state index contributed by atoms with van der Waals surface area (Å²) in [7, 11) is 0. The number of alkyl halides is 3. The Bertz CT molecular complexity index is 638. The Kier molecular flexibility index (Phi) is 6.39. The quantitative estimate of drug-likeness (QED) is 0.779. The first-order chi connectivity index (χ1) is 11.3. The maximum Gasteiger partial charge on any atom is 0.416 e. The minimum Gasteiger partial charge on any atom is -0.481 e. The topological polar surface area (TPSA) is 75.6 Å². The largest absolute Gasteiger partial charge is 0.481 e. The van der Waals surface area contributed by atoms with Crippen molar-refractivity contribution in [3.05, 3.63) is 35.1 Å². The van der Waals surface area contributed by atoms with Gasteiger partial charge in [-0.05, 0) is 44.9 Å². The highest BCUT2D eigenvalue weighted by Gasteiger charge is 2.31. The zero-order chi connectivity index (χ0) is 19.4. The molecular weight excluding hydrogens is 346 g/mol. The molecule has 0 bridgehead atoms. The smallest absolute Gasteiger partial charge is 0.416 e. The third-order valence-corrected chi connectivity index (χ3v) is 2.99. The standard InChI is InChI=1S/C16H19F4NO4/c1-15(2,3)25-14(24)21-11(8-13(22)23)6-9-4-5-10(7-12(9)17)16(18,19)20/h4-5,7,11H,6,8H2,1-3H3,(H,21,24)(H,22,23)/t11-/m1/s1. The van der Waals surface area contributed by atoms with Crippen LogP contribution in [0.2, 0.25) is 0 Å². The van der Waals surface area contributed by atoms with E-state index in [0.29, 0.717) is 12.1 Å². The molecule has 0 aromatic heterocycles. The number of nitrogens with one attached hydrogen (secondary N) is 1. The lowest BCUT2D eigenvalue weighted by atomic mass is 10.0. The molecule has 0 saturated heterocycles. The van der Waals surface area contributed by atoms with E-state index in [9.17, 15) is 27.2 Å². The second kappa shape index (κ2) is 7.71. The number of hydrogen-bond donors (Lipinski definition) is 2. The van der Waals surface area contributed by atoms with Crippen molar-refractivity contribution >= 4 is 12.1 Å². The molecule has 0 spiro atoms. The number of carboxylic acids is 1. The van der Waals surface area contributed by atoms with E-state index in [1.807, 2.05) is 0 Å². The van der Waals surface area contributed by atoms with Gasteiger partial charge in [0.25, 0.3) is 0 Å². The van der Waals surface area contributed by atoms with Crippen molar-refractivity contribution in [2.75, 3.05) is 0 Å². The van der Waals surface area contributed by atoms with Crippen LogP contribution in [0, 0.1) is 5.82 Å². The highest BCUT2D eigenvalue weighted by atomic mass is 19.4. The SMILES string of the molecule is CC(C)(C)OC(=O)N[C@@H](CC(=O)O)Cc1ccc(C(F)(F)F)cc1F. The molecule has 140 valence electrons. The molecule has 0 heterocycles. The Balaban J connectivity index is 2.92. The molecule has 1 atom stereocenters. The normalized spacial score (nSPS) is 13.2. The lowest BCUT2D eigenvalue weighted by Gasteiger charge is -2.23. The first kappa shape index (κ1) is 20.7. The van der Waals surface area contributed by atoms with Crippen molar-refractivity contribution in [1.29, 1.82) is 0 Å². The van der Waals surface area contributed by atoms with E-state index in [-0.39, 0.29) is 12.0 Å². The second-order valence-corrected chi connectivity index (χ2v) is 6.45. The van der Waals surface area contributed by atoms with Crippen LogP contribution >= 0.6 is 0 Å². The number of carboxylic acid groups (broad SMARTS) is 1. The number of alkyl carbamates (subject to hydrolysis) is 1. The fraction of sp³-hybridized carbons (Fsp3) is 0.500. The Morgan fingerprint density at radius 2 is 1.84 bits per heavy atom. The van der Waals surface area contributed by atoms with Gasteiger partial charge in [0.1, 0.15) is 11.4 Å². The minimum atomic E-state index is -4.69. The lowest BCUT2D eigenvalue weighted by molar-refractivity contribution is -0.138. The van der Waals surface area contributed by atoms with Crippen LogP contribution in [0.1, 0.15) is 38.3 Å². The molecule has 9 heteroatoms. The van der Waals surface area contributed by atoms with Crippen LogP contribution in [0.25, 0.3) is 0 Å². The number of hydrogen-bond acceptors (Lipinski definition) is 3. The van der Waals surface area contributed by atoms with E-state index in [1.54, 1.807) is 20.8 Å². The van der Waals surface area contributed by atoms with E-state index >= 15 is 0 Å². The van der Waals surface area contributed by atoms with E-state index in [2.05, 4.69) is 5.32 Å². The molecule has 0 unspecified atom stereocenters.